The molecule has 0 unspecified atom stereocenters. The van der Waals surface area contributed by atoms with Crippen LogP contribution in [0.3, 0.4) is 0 Å². The first-order valence-electron chi connectivity index (χ1n) is 18.4. The second-order valence-electron chi connectivity index (χ2n) is 15.5. The van der Waals surface area contributed by atoms with Gasteiger partial charge < -0.3 is 34.5 Å². The average Bonchev–Trinajstić information content (AvgIpc) is 3.40. The number of ether oxygens (including phenoxy) is 1. The number of fused-ring (bicyclic) bond motifs is 2. The van der Waals surface area contributed by atoms with Gasteiger partial charge in [-0.15, -0.1) is 11.3 Å². The molecule has 4 saturated heterocycles. The monoisotopic (exact) mass is 752 g/mol. The van der Waals surface area contributed by atoms with Gasteiger partial charge in [0.1, 0.15) is 12.1 Å². The first-order chi connectivity index (χ1) is 24.9. The van der Waals surface area contributed by atoms with E-state index in [0.29, 0.717) is 40.8 Å². The fraction of sp³-hybridized carbons (Fsp3) is 0.553. The normalized spacial score (nSPS) is 29.1. The SMILES string of the molecule is CN(C[C@H]1CCO1)[C@H]1CC[C@H](NC(=O)c2cc3cc([C@@H](F)P(=O)(O)O)ccc3s2)C(=O)N2[C@H](CC[C@H]2C(=O)N2C[C@H](c3ccccc3)CC23CC3)C1. The summed E-state index contributed by atoms with van der Waals surface area (Å²) < 4.78 is 32.4. The van der Waals surface area contributed by atoms with Gasteiger partial charge in [0.25, 0.3) is 5.91 Å². The molecule has 2 aromatic carbocycles. The van der Waals surface area contributed by atoms with E-state index >= 15 is 0 Å². The van der Waals surface area contributed by atoms with Crippen LogP contribution in [0.25, 0.3) is 10.1 Å². The number of alkyl halides is 1. The molecule has 3 amide bonds. The number of amides is 3. The van der Waals surface area contributed by atoms with Crippen molar-refractivity contribution in [3.05, 3.63) is 70.6 Å². The van der Waals surface area contributed by atoms with Crippen molar-refractivity contribution in [1.29, 1.82) is 0 Å². The number of likely N-dealkylation sites (N-methyl/N-ethyl adjacent to an activating group) is 1. The van der Waals surface area contributed by atoms with Gasteiger partial charge in [0, 0.05) is 47.9 Å². The third kappa shape index (κ3) is 6.84. The van der Waals surface area contributed by atoms with Crippen molar-refractivity contribution in [3.63, 3.8) is 0 Å². The van der Waals surface area contributed by atoms with Gasteiger partial charge in [0.15, 0.2) is 0 Å². The number of nitrogens with zero attached hydrogens (tertiary/aromatic N) is 3. The van der Waals surface area contributed by atoms with E-state index in [1.807, 2.05) is 23.1 Å². The quantitative estimate of drug-likeness (QED) is 0.250. The van der Waals surface area contributed by atoms with Crippen LogP contribution < -0.4 is 5.32 Å². The van der Waals surface area contributed by atoms with E-state index in [4.69, 9.17) is 4.74 Å². The maximum absolute atomic E-state index is 14.6. The standard InChI is InChI=1S/C38H46FN4O7PS/c1-41(22-29-13-16-50-29)27-8-10-30(40-35(44)33-18-25-17-24(7-12-32(25)52-33)34(39)51(47,48)49)36(45)43-28(19-27)9-11-31(43)37(46)42-21-26(20-38(42)14-15-38)23-5-3-2-4-6-23/h2-7,12,17-18,26-31,34H,8-11,13-16,19-22H2,1H3,(H,40,44)(H2,47,48,49)/t26-,27+,28-,29-,30+,31+,34+/m1/s1. The van der Waals surface area contributed by atoms with E-state index < -0.39 is 31.5 Å². The highest BCUT2D eigenvalue weighted by Crippen LogP contribution is 2.55. The van der Waals surface area contributed by atoms with Crippen LogP contribution in [0.2, 0.25) is 0 Å². The number of nitrogens with one attached hydrogen (secondary N) is 1. The first kappa shape index (κ1) is 35.8. The number of carbonyl (C=O) groups excluding carboxylic acids is 3. The summed E-state index contributed by atoms with van der Waals surface area (Å²) in [6.07, 6.45) is 7.24. The Morgan fingerprint density at radius 1 is 1.10 bits per heavy atom. The molecule has 14 heteroatoms. The summed E-state index contributed by atoms with van der Waals surface area (Å²) in [5, 5.41) is 3.49. The van der Waals surface area contributed by atoms with E-state index in [1.54, 1.807) is 12.1 Å². The number of hydrogen-bond donors (Lipinski definition) is 3. The van der Waals surface area contributed by atoms with E-state index in [2.05, 4.69) is 34.3 Å². The van der Waals surface area contributed by atoms with Crippen molar-refractivity contribution in [1.82, 2.24) is 20.0 Å². The molecule has 5 heterocycles. The second kappa shape index (κ2) is 13.9. The van der Waals surface area contributed by atoms with Crippen LogP contribution in [0.4, 0.5) is 4.39 Å². The van der Waals surface area contributed by atoms with Crippen LogP contribution in [0, 0.1) is 0 Å². The zero-order chi connectivity index (χ0) is 36.4. The third-order valence-corrected chi connectivity index (χ3v) is 14.2. The minimum atomic E-state index is -5.00. The summed E-state index contributed by atoms with van der Waals surface area (Å²) in [5.41, 5.74) is 0.929. The van der Waals surface area contributed by atoms with Crippen molar-refractivity contribution < 1.29 is 37.9 Å². The zero-order valence-corrected chi connectivity index (χ0v) is 30.9. The maximum Gasteiger partial charge on any atom is 0.363 e. The maximum atomic E-state index is 14.6. The molecule has 0 bridgehead atoms. The van der Waals surface area contributed by atoms with Crippen molar-refractivity contribution in [2.45, 2.75) is 105 Å². The molecule has 1 saturated carbocycles. The molecule has 8 rings (SSSR count). The number of hydrogen-bond acceptors (Lipinski definition) is 7. The van der Waals surface area contributed by atoms with Gasteiger partial charge in [-0.25, -0.2) is 4.39 Å². The fourth-order valence-corrected chi connectivity index (χ4v) is 10.6. The molecule has 278 valence electrons. The minimum Gasteiger partial charge on any atom is -0.377 e. The Balaban J connectivity index is 1.05. The summed E-state index contributed by atoms with van der Waals surface area (Å²) in [5.74, 6) is -2.87. The Kier molecular flexibility index (Phi) is 9.58. The molecule has 5 aliphatic rings. The smallest absolute Gasteiger partial charge is 0.363 e. The Morgan fingerprint density at radius 3 is 2.56 bits per heavy atom. The van der Waals surface area contributed by atoms with Gasteiger partial charge in [0.2, 0.25) is 17.7 Å². The van der Waals surface area contributed by atoms with Crippen molar-refractivity contribution in [2.24, 2.45) is 0 Å². The predicted molar refractivity (Wildman–Crippen MR) is 195 cm³/mol. The van der Waals surface area contributed by atoms with Crippen molar-refractivity contribution >= 4 is 46.7 Å². The highest BCUT2D eigenvalue weighted by atomic mass is 32.1. The number of rotatable bonds is 9. The van der Waals surface area contributed by atoms with E-state index in [1.165, 1.54) is 17.7 Å². The van der Waals surface area contributed by atoms with Crippen molar-refractivity contribution in [2.75, 3.05) is 26.7 Å². The number of benzene rings is 2. The lowest BCUT2D eigenvalue weighted by Gasteiger charge is -2.42. The van der Waals surface area contributed by atoms with Crippen LogP contribution in [0.1, 0.15) is 90.4 Å². The summed E-state index contributed by atoms with van der Waals surface area (Å²) in [6, 6.07) is 14.7. The molecule has 3 N–H and O–H groups in total. The molecule has 1 aromatic heterocycles. The molecule has 0 radical (unpaired) electrons. The van der Waals surface area contributed by atoms with Crippen LogP contribution >= 0.6 is 18.9 Å². The molecule has 11 nitrogen and oxygen atoms in total. The summed E-state index contributed by atoms with van der Waals surface area (Å²) >= 11 is 1.16. The van der Waals surface area contributed by atoms with Gasteiger partial charge in [-0.3, -0.25) is 18.9 Å². The molecular formula is C38H46FN4O7PS. The Hall–Kier alpha value is -3.19. The first-order valence-corrected chi connectivity index (χ1v) is 20.9. The molecule has 52 heavy (non-hydrogen) atoms. The van der Waals surface area contributed by atoms with Crippen molar-refractivity contribution in [3.8, 4) is 0 Å². The van der Waals surface area contributed by atoms with Crippen LogP contribution in [0.5, 0.6) is 0 Å². The summed E-state index contributed by atoms with van der Waals surface area (Å²) in [7, 11) is -2.91. The molecule has 1 aliphatic carbocycles. The number of halogens is 1. The van der Waals surface area contributed by atoms with Gasteiger partial charge >= 0.3 is 7.60 Å². The van der Waals surface area contributed by atoms with Crippen LogP contribution in [0.15, 0.2) is 54.6 Å². The second-order valence-corrected chi connectivity index (χ2v) is 18.2. The average molecular weight is 753 g/mol. The molecule has 7 atom stereocenters. The van der Waals surface area contributed by atoms with Gasteiger partial charge in [-0.2, -0.15) is 0 Å². The lowest BCUT2D eigenvalue weighted by atomic mass is 9.93. The number of thiophene rings is 1. The van der Waals surface area contributed by atoms with E-state index in [0.717, 1.165) is 63.0 Å². The van der Waals surface area contributed by atoms with Crippen LogP contribution in [-0.2, 0) is 18.9 Å². The number of likely N-dealkylation sites (tertiary alicyclic amines) is 1. The largest absolute Gasteiger partial charge is 0.377 e. The molecular weight excluding hydrogens is 706 g/mol. The lowest BCUT2D eigenvalue weighted by Crippen LogP contribution is -2.59. The highest BCUT2D eigenvalue weighted by Gasteiger charge is 2.58. The Morgan fingerprint density at radius 2 is 1.87 bits per heavy atom. The molecule has 5 fully saturated rings. The lowest BCUT2D eigenvalue weighted by molar-refractivity contribution is -0.148. The molecule has 1 spiro atoms. The van der Waals surface area contributed by atoms with Crippen LogP contribution in [-0.4, -0.2) is 105 Å². The fourth-order valence-electron chi connectivity index (χ4n) is 9.08. The topological polar surface area (TPSA) is 140 Å². The van der Waals surface area contributed by atoms with E-state index in [-0.39, 0.29) is 47.0 Å². The molecule has 3 aromatic rings. The Labute approximate surface area is 306 Å². The zero-order valence-electron chi connectivity index (χ0n) is 29.2. The number of carbonyl (C=O) groups is 3. The van der Waals surface area contributed by atoms with Gasteiger partial charge in [-0.1, -0.05) is 36.4 Å². The predicted octanol–water partition coefficient (Wildman–Crippen LogP) is 5.33. The van der Waals surface area contributed by atoms with Gasteiger partial charge in [-0.05, 0) is 99.5 Å². The van der Waals surface area contributed by atoms with Gasteiger partial charge in [0.05, 0.1) is 11.0 Å². The van der Waals surface area contributed by atoms with E-state index in [9.17, 15) is 33.1 Å². The Bertz CT molecular complexity index is 1900. The highest BCUT2D eigenvalue weighted by molar-refractivity contribution is 7.51. The third-order valence-electron chi connectivity index (χ3n) is 12.2. The molecule has 4 aliphatic heterocycles. The summed E-state index contributed by atoms with van der Waals surface area (Å²) in [4.78, 5) is 68.3. The summed E-state index contributed by atoms with van der Waals surface area (Å²) in [6.45, 7) is 2.20. The minimum absolute atomic E-state index is 0.0204.